The molecule has 0 aromatic heterocycles. The summed E-state index contributed by atoms with van der Waals surface area (Å²) in [5.41, 5.74) is -0.0466. The number of allylic oxidation sites excluding steroid dienone is 1. The zero-order valence-corrected chi connectivity index (χ0v) is 6.39. The van der Waals surface area contributed by atoms with Crippen molar-refractivity contribution in [3.8, 4) is 0 Å². The van der Waals surface area contributed by atoms with Crippen LogP contribution in [0.3, 0.4) is 0 Å². The monoisotopic (exact) mass is 140 g/mol. The molecule has 56 valence electrons. The molecule has 0 aromatic carbocycles. The van der Waals surface area contributed by atoms with Gasteiger partial charge in [0.1, 0.15) is 0 Å². The van der Waals surface area contributed by atoms with Gasteiger partial charge < -0.3 is 4.74 Å². The maximum absolute atomic E-state index is 11.1. The number of ether oxygens (including phenoxy) is 1. The van der Waals surface area contributed by atoms with Gasteiger partial charge >= 0.3 is 0 Å². The average Bonchev–Trinajstić information content (AvgIpc) is 2.64. The van der Waals surface area contributed by atoms with Crippen LogP contribution in [-0.2, 0) is 9.53 Å². The van der Waals surface area contributed by atoms with E-state index in [2.05, 4.69) is 4.74 Å². The zero-order valence-electron chi connectivity index (χ0n) is 6.39. The number of hydrogen-bond donors (Lipinski definition) is 0. The van der Waals surface area contributed by atoms with Crippen LogP contribution in [0, 0.1) is 5.41 Å². The van der Waals surface area contributed by atoms with Crippen molar-refractivity contribution in [1.82, 2.24) is 0 Å². The van der Waals surface area contributed by atoms with Crippen LogP contribution in [0.15, 0.2) is 12.3 Å². The first-order chi connectivity index (χ1) is 4.69. The highest BCUT2D eigenvalue weighted by atomic mass is 16.5. The smallest absolute Gasteiger partial charge is 0.164 e. The third kappa shape index (κ3) is 1.38. The predicted octanol–water partition coefficient (Wildman–Crippen LogP) is 1.52. The fourth-order valence-corrected chi connectivity index (χ4v) is 0.765. The molecule has 1 aliphatic rings. The number of rotatable bonds is 3. The van der Waals surface area contributed by atoms with Gasteiger partial charge in [-0.3, -0.25) is 4.79 Å². The second kappa shape index (κ2) is 2.45. The molecular weight excluding hydrogens is 128 g/mol. The molecule has 0 N–H and O–H groups in total. The van der Waals surface area contributed by atoms with Gasteiger partial charge in [0.2, 0.25) is 0 Å². The van der Waals surface area contributed by atoms with Crippen LogP contribution in [0.5, 0.6) is 0 Å². The van der Waals surface area contributed by atoms with Crippen molar-refractivity contribution in [2.24, 2.45) is 5.41 Å². The quantitative estimate of drug-likeness (QED) is 0.439. The fraction of sp³-hybridized carbons (Fsp3) is 0.625. The normalized spacial score (nSPS) is 21.0. The third-order valence-corrected chi connectivity index (χ3v) is 1.95. The van der Waals surface area contributed by atoms with Gasteiger partial charge in [-0.15, -0.1) is 0 Å². The van der Waals surface area contributed by atoms with E-state index in [0.29, 0.717) is 0 Å². The first-order valence-electron chi connectivity index (χ1n) is 3.43. The molecule has 1 saturated carbocycles. The molecule has 0 atom stereocenters. The molecule has 10 heavy (non-hydrogen) atoms. The highest BCUT2D eigenvalue weighted by molar-refractivity contribution is 5.96. The Morgan fingerprint density at radius 2 is 2.20 bits per heavy atom. The third-order valence-electron chi connectivity index (χ3n) is 1.95. The minimum Gasteiger partial charge on any atom is -0.504 e. The van der Waals surface area contributed by atoms with Crippen molar-refractivity contribution in [2.45, 2.75) is 19.8 Å². The lowest BCUT2D eigenvalue weighted by Gasteiger charge is -1.99. The predicted molar refractivity (Wildman–Crippen MR) is 38.5 cm³/mol. The van der Waals surface area contributed by atoms with Crippen LogP contribution in [0.4, 0.5) is 0 Å². The van der Waals surface area contributed by atoms with Gasteiger partial charge in [0.05, 0.1) is 13.4 Å². The van der Waals surface area contributed by atoms with Crippen molar-refractivity contribution < 1.29 is 9.53 Å². The minimum atomic E-state index is -0.0466. The van der Waals surface area contributed by atoms with E-state index in [9.17, 15) is 4.79 Å². The lowest BCUT2D eigenvalue weighted by Crippen LogP contribution is -2.07. The molecule has 0 amide bonds. The van der Waals surface area contributed by atoms with Crippen LogP contribution in [0.2, 0.25) is 0 Å². The Morgan fingerprint density at radius 3 is 2.60 bits per heavy atom. The molecule has 0 radical (unpaired) electrons. The Hall–Kier alpha value is -0.790. The lowest BCUT2D eigenvalue weighted by atomic mass is 10.0. The number of carbonyl (C=O) groups excluding carboxylic acids is 1. The maximum atomic E-state index is 11.1. The summed E-state index contributed by atoms with van der Waals surface area (Å²) in [5, 5.41) is 0. The second-order valence-electron chi connectivity index (χ2n) is 2.96. The lowest BCUT2D eigenvalue weighted by molar-refractivity contribution is -0.118. The highest BCUT2D eigenvalue weighted by Crippen LogP contribution is 2.45. The van der Waals surface area contributed by atoms with E-state index in [1.165, 1.54) is 12.3 Å². The molecule has 0 unspecified atom stereocenters. The number of carbonyl (C=O) groups is 1. The average molecular weight is 140 g/mol. The molecule has 1 fully saturated rings. The SMILES string of the molecule is CO/C=C/C(=O)C1(C)CC1. The van der Waals surface area contributed by atoms with Crippen molar-refractivity contribution in [1.29, 1.82) is 0 Å². The second-order valence-corrected chi connectivity index (χ2v) is 2.96. The molecule has 0 heterocycles. The van der Waals surface area contributed by atoms with Gasteiger partial charge in [0.25, 0.3) is 0 Å². The van der Waals surface area contributed by atoms with E-state index in [0.717, 1.165) is 12.8 Å². The molecule has 1 aliphatic carbocycles. The van der Waals surface area contributed by atoms with E-state index in [-0.39, 0.29) is 11.2 Å². The Kier molecular flexibility index (Phi) is 1.79. The zero-order chi connectivity index (χ0) is 7.61. The van der Waals surface area contributed by atoms with E-state index < -0.39 is 0 Å². The largest absolute Gasteiger partial charge is 0.504 e. The van der Waals surface area contributed by atoms with E-state index in [1.807, 2.05) is 6.92 Å². The van der Waals surface area contributed by atoms with Crippen LogP contribution >= 0.6 is 0 Å². The van der Waals surface area contributed by atoms with Gasteiger partial charge in [-0.05, 0) is 12.8 Å². The Morgan fingerprint density at radius 1 is 1.60 bits per heavy atom. The molecule has 1 rings (SSSR count). The Bertz CT molecular complexity index is 166. The van der Waals surface area contributed by atoms with Gasteiger partial charge in [-0.2, -0.15) is 0 Å². The molecule has 0 aromatic rings. The topological polar surface area (TPSA) is 26.3 Å². The molecule has 2 heteroatoms. The Labute approximate surface area is 60.9 Å². The summed E-state index contributed by atoms with van der Waals surface area (Å²) in [7, 11) is 1.54. The summed E-state index contributed by atoms with van der Waals surface area (Å²) in [6.07, 6.45) is 5.00. The summed E-state index contributed by atoms with van der Waals surface area (Å²) in [6.45, 7) is 1.98. The van der Waals surface area contributed by atoms with Gasteiger partial charge in [0, 0.05) is 11.5 Å². The van der Waals surface area contributed by atoms with Crippen LogP contribution in [0.25, 0.3) is 0 Å². The van der Waals surface area contributed by atoms with Gasteiger partial charge in [0.15, 0.2) is 5.78 Å². The number of methoxy groups -OCH3 is 1. The van der Waals surface area contributed by atoms with Crippen molar-refractivity contribution in [3.63, 3.8) is 0 Å². The van der Waals surface area contributed by atoms with Crippen LogP contribution in [0.1, 0.15) is 19.8 Å². The fourth-order valence-electron chi connectivity index (χ4n) is 0.765. The standard InChI is InChI=1S/C8H12O2/c1-8(4-5-8)7(9)3-6-10-2/h3,6H,4-5H2,1-2H3/b6-3+. The van der Waals surface area contributed by atoms with E-state index in [1.54, 1.807) is 7.11 Å². The maximum Gasteiger partial charge on any atom is 0.164 e. The van der Waals surface area contributed by atoms with Gasteiger partial charge in [-0.1, -0.05) is 6.92 Å². The van der Waals surface area contributed by atoms with Gasteiger partial charge in [-0.25, -0.2) is 0 Å². The summed E-state index contributed by atoms with van der Waals surface area (Å²) in [5.74, 6) is 0.189. The molecule has 2 nitrogen and oxygen atoms in total. The van der Waals surface area contributed by atoms with E-state index >= 15 is 0 Å². The Balaban J connectivity index is 2.42. The van der Waals surface area contributed by atoms with Crippen LogP contribution in [-0.4, -0.2) is 12.9 Å². The highest BCUT2D eigenvalue weighted by Gasteiger charge is 2.43. The van der Waals surface area contributed by atoms with Crippen molar-refractivity contribution in [3.05, 3.63) is 12.3 Å². The summed E-state index contributed by atoms with van der Waals surface area (Å²) in [6, 6.07) is 0. The number of hydrogen-bond acceptors (Lipinski definition) is 2. The molecular formula is C8H12O2. The van der Waals surface area contributed by atoms with Crippen LogP contribution < -0.4 is 0 Å². The molecule has 0 saturated heterocycles. The minimum absolute atomic E-state index is 0.0466. The summed E-state index contributed by atoms with van der Waals surface area (Å²) >= 11 is 0. The first-order valence-corrected chi connectivity index (χ1v) is 3.43. The molecule has 0 aliphatic heterocycles. The van der Waals surface area contributed by atoms with E-state index in [4.69, 9.17) is 0 Å². The molecule has 0 bridgehead atoms. The number of ketones is 1. The summed E-state index contributed by atoms with van der Waals surface area (Å²) < 4.78 is 4.63. The first kappa shape index (κ1) is 7.32. The molecule has 0 spiro atoms. The van der Waals surface area contributed by atoms with Crippen molar-refractivity contribution in [2.75, 3.05) is 7.11 Å². The summed E-state index contributed by atoms with van der Waals surface area (Å²) in [4.78, 5) is 11.1. The van der Waals surface area contributed by atoms with Crippen molar-refractivity contribution >= 4 is 5.78 Å².